The highest BCUT2D eigenvalue weighted by Crippen LogP contribution is 2.37. The molecule has 1 aromatic carbocycles. The predicted octanol–water partition coefficient (Wildman–Crippen LogP) is 3.86. The van der Waals surface area contributed by atoms with E-state index in [2.05, 4.69) is 20.6 Å². The number of nitrogens with one attached hydrogen (secondary N) is 2. The van der Waals surface area contributed by atoms with Gasteiger partial charge in [-0.05, 0) is 37.1 Å². The summed E-state index contributed by atoms with van der Waals surface area (Å²) in [4.78, 5) is 11.5. The van der Waals surface area contributed by atoms with Crippen LogP contribution < -0.4 is 15.0 Å². The summed E-state index contributed by atoms with van der Waals surface area (Å²) in [6, 6.07) is 8.57. The van der Waals surface area contributed by atoms with Crippen LogP contribution in [0.25, 0.3) is 11.3 Å². The SMILES string of the molecule is COc1c(Nc2cc(C)[nH]n2)nc(N(C)c2ccc(S(=O)(=O)CC(C)C)cc2)nc1-c1cnn(C)c1. The van der Waals surface area contributed by atoms with Crippen molar-refractivity contribution in [2.24, 2.45) is 13.0 Å². The summed E-state index contributed by atoms with van der Waals surface area (Å²) < 4.78 is 32.6. The van der Waals surface area contributed by atoms with Crippen LogP contribution in [0, 0.1) is 12.8 Å². The second-order valence-corrected chi connectivity index (χ2v) is 11.0. The number of ether oxygens (including phenoxy) is 1. The molecule has 0 amide bonds. The van der Waals surface area contributed by atoms with E-state index in [9.17, 15) is 8.42 Å². The van der Waals surface area contributed by atoms with Crippen molar-refractivity contribution < 1.29 is 13.2 Å². The van der Waals surface area contributed by atoms with Gasteiger partial charge in [-0.1, -0.05) is 13.8 Å². The van der Waals surface area contributed by atoms with Crippen LogP contribution in [-0.2, 0) is 16.9 Å². The van der Waals surface area contributed by atoms with Gasteiger partial charge in [0.05, 0.1) is 24.0 Å². The lowest BCUT2D eigenvalue weighted by molar-refractivity contribution is 0.415. The summed E-state index contributed by atoms with van der Waals surface area (Å²) in [6.45, 7) is 5.67. The molecule has 12 heteroatoms. The number of rotatable bonds is 9. The van der Waals surface area contributed by atoms with E-state index in [1.54, 1.807) is 47.2 Å². The smallest absolute Gasteiger partial charge is 0.232 e. The fourth-order valence-electron chi connectivity index (χ4n) is 3.74. The van der Waals surface area contributed by atoms with E-state index in [4.69, 9.17) is 14.7 Å². The van der Waals surface area contributed by atoms with Crippen LogP contribution in [0.1, 0.15) is 19.5 Å². The molecule has 0 saturated carbocycles. The number of aryl methyl sites for hydroxylation is 2. The Hall–Kier alpha value is -3.93. The van der Waals surface area contributed by atoms with Gasteiger partial charge in [0.1, 0.15) is 5.69 Å². The molecule has 0 aliphatic carbocycles. The molecule has 4 aromatic rings. The van der Waals surface area contributed by atoms with Crippen LogP contribution in [-0.4, -0.2) is 58.3 Å². The molecule has 4 rings (SSSR count). The number of sulfone groups is 1. The van der Waals surface area contributed by atoms with Crippen LogP contribution >= 0.6 is 0 Å². The molecule has 0 radical (unpaired) electrons. The number of H-pyrrole nitrogens is 1. The van der Waals surface area contributed by atoms with Crippen molar-refractivity contribution in [1.29, 1.82) is 0 Å². The Balaban J connectivity index is 1.76. The van der Waals surface area contributed by atoms with Gasteiger partial charge in [-0.15, -0.1) is 0 Å². The average molecular weight is 511 g/mol. The van der Waals surface area contributed by atoms with Gasteiger partial charge in [-0.3, -0.25) is 9.78 Å². The maximum Gasteiger partial charge on any atom is 0.232 e. The maximum atomic E-state index is 12.6. The van der Waals surface area contributed by atoms with Crippen molar-refractivity contribution in [1.82, 2.24) is 29.9 Å². The molecular formula is C24H30N8O3S. The molecule has 11 nitrogen and oxygen atoms in total. The number of aromatic amines is 1. The van der Waals surface area contributed by atoms with Crippen LogP contribution in [0.4, 0.5) is 23.3 Å². The fourth-order valence-corrected chi connectivity index (χ4v) is 5.36. The highest BCUT2D eigenvalue weighted by Gasteiger charge is 2.22. The minimum atomic E-state index is -3.35. The number of nitrogens with zero attached hydrogens (tertiary/aromatic N) is 6. The molecule has 0 unspecified atom stereocenters. The molecule has 3 aromatic heterocycles. The van der Waals surface area contributed by atoms with Crippen LogP contribution in [0.2, 0.25) is 0 Å². The van der Waals surface area contributed by atoms with E-state index in [1.165, 1.54) is 0 Å². The quantitative estimate of drug-likeness (QED) is 0.344. The Labute approximate surface area is 210 Å². The molecule has 0 spiro atoms. The van der Waals surface area contributed by atoms with Gasteiger partial charge in [-0.2, -0.15) is 15.2 Å². The summed E-state index contributed by atoms with van der Waals surface area (Å²) in [5.74, 6) is 1.96. The van der Waals surface area contributed by atoms with Gasteiger partial charge in [-0.25, -0.2) is 13.4 Å². The van der Waals surface area contributed by atoms with Gasteiger partial charge in [0.15, 0.2) is 27.2 Å². The van der Waals surface area contributed by atoms with Gasteiger partial charge >= 0.3 is 0 Å². The lowest BCUT2D eigenvalue weighted by Crippen LogP contribution is -2.16. The third-order valence-corrected chi connectivity index (χ3v) is 7.52. The molecule has 190 valence electrons. The van der Waals surface area contributed by atoms with Gasteiger partial charge in [0, 0.05) is 43.3 Å². The maximum absolute atomic E-state index is 12.6. The minimum absolute atomic E-state index is 0.0418. The molecule has 0 saturated heterocycles. The second-order valence-electron chi connectivity index (χ2n) is 8.95. The fraction of sp³-hybridized carbons (Fsp3) is 0.333. The van der Waals surface area contributed by atoms with E-state index in [0.29, 0.717) is 29.0 Å². The minimum Gasteiger partial charge on any atom is -0.491 e. The molecule has 3 heterocycles. The Morgan fingerprint density at radius 1 is 1.19 bits per heavy atom. The number of anilines is 4. The first-order valence-electron chi connectivity index (χ1n) is 11.4. The number of methoxy groups -OCH3 is 1. The van der Waals surface area contributed by atoms with Gasteiger partial charge < -0.3 is 15.0 Å². The summed E-state index contributed by atoms with van der Waals surface area (Å²) in [7, 11) is 1.84. The van der Waals surface area contributed by atoms with E-state index < -0.39 is 9.84 Å². The normalized spacial score (nSPS) is 11.6. The van der Waals surface area contributed by atoms with Crippen molar-refractivity contribution in [3.8, 4) is 17.0 Å². The third-order valence-electron chi connectivity index (χ3n) is 5.42. The molecule has 0 bridgehead atoms. The molecule has 0 fully saturated rings. The summed E-state index contributed by atoms with van der Waals surface area (Å²) >= 11 is 0. The molecule has 0 atom stereocenters. The first-order valence-corrected chi connectivity index (χ1v) is 13.0. The first-order chi connectivity index (χ1) is 17.1. The number of hydrogen-bond acceptors (Lipinski definition) is 9. The van der Waals surface area contributed by atoms with Crippen molar-refractivity contribution in [3.63, 3.8) is 0 Å². The van der Waals surface area contributed by atoms with Crippen LogP contribution in [0.3, 0.4) is 0 Å². The third kappa shape index (κ3) is 5.33. The summed E-state index contributed by atoms with van der Waals surface area (Å²) in [6.07, 6.45) is 3.54. The highest BCUT2D eigenvalue weighted by atomic mass is 32.2. The lowest BCUT2D eigenvalue weighted by atomic mass is 10.2. The van der Waals surface area contributed by atoms with Crippen LogP contribution in [0.15, 0.2) is 47.6 Å². The average Bonchev–Trinajstić information content (AvgIpc) is 3.45. The zero-order chi connectivity index (χ0) is 26.0. The summed E-state index contributed by atoms with van der Waals surface area (Å²) in [5.41, 5.74) is 2.92. The van der Waals surface area contributed by atoms with Crippen molar-refractivity contribution in [2.75, 3.05) is 30.1 Å². The molecule has 0 aliphatic heterocycles. The molecular weight excluding hydrogens is 480 g/mol. The lowest BCUT2D eigenvalue weighted by Gasteiger charge is -2.21. The Morgan fingerprint density at radius 3 is 2.47 bits per heavy atom. The topological polar surface area (TPSA) is 131 Å². The van der Waals surface area contributed by atoms with E-state index in [-0.39, 0.29) is 16.6 Å². The second kappa shape index (κ2) is 9.97. The Bertz CT molecular complexity index is 1460. The molecule has 0 aliphatic rings. The first kappa shape index (κ1) is 25.2. The highest BCUT2D eigenvalue weighted by molar-refractivity contribution is 7.91. The van der Waals surface area contributed by atoms with Gasteiger partial charge in [0.2, 0.25) is 5.95 Å². The number of hydrogen-bond donors (Lipinski definition) is 2. The van der Waals surface area contributed by atoms with E-state index in [1.807, 2.05) is 47.1 Å². The van der Waals surface area contributed by atoms with E-state index in [0.717, 1.165) is 16.9 Å². The Morgan fingerprint density at radius 2 is 1.92 bits per heavy atom. The number of benzene rings is 1. The Kier molecular flexibility index (Phi) is 6.97. The molecule has 2 N–H and O–H groups in total. The zero-order valence-corrected chi connectivity index (χ0v) is 22.0. The van der Waals surface area contributed by atoms with E-state index >= 15 is 0 Å². The van der Waals surface area contributed by atoms with Gasteiger partial charge in [0.25, 0.3) is 0 Å². The van der Waals surface area contributed by atoms with Crippen molar-refractivity contribution >= 4 is 33.1 Å². The largest absolute Gasteiger partial charge is 0.491 e. The standard InChI is InChI=1S/C24H30N8O3S/c1-15(2)14-36(33,34)19-9-7-18(8-10-19)32(5)24-27-21(17-12-25-31(4)13-17)22(35-6)23(28-24)26-20-11-16(3)29-30-20/h7-13,15H,14H2,1-6H3,(H2,26,27,28,29,30). The number of aromatic nitrogens is 6. The van der Waals surface area contributed by atoms with Crippen molar-refractivity contribution in [3.05, 3.63) is 48.4 Å². The zero-order valence-electron chi connectivity index (χ0n) is 21.1. The van der Waals surface area contributed by atoms with Crippen molar-refractivity contribution in [2.45, 2.75) is 25.7 Å². The molecule has 36 heavy (non-hydrogen) atoms. The predicted molar refractivity (Wildman–Crippen MR) is 139 cm³/mol. The van der Waals surface area contributed by atoms with Crippen LogP contribution in [0.5, 0.6) is 5.75 Å². The summed E-state index contributed by atoms with van der Waals surface area (Å²) in [5, 5.41) is 14.6. The monoisotopic (exact) mass is 510 g/mol.